The van der Waals surface area contributed by atoms with E-state index < -0.39 is 0 Å². The molecular weight excluding hydrogens is 276 g/mol. The zero-order chi connectivity index (χ0) is 15.9. The first-order valence-corrected chi connectivity index (χ1v) is 7.97. The maximum absolute atomic E-state index is 12.7. The van der Waals surface area contributed by atoms with Gasteiger partial charge in [-0.25, -0.2) is 0 Å². The van der Waals surface area contributed by atoms with Crippen molar-refractivity contribution in [3.63, 3.8) is 0 Å². The van der Waals surface area contributed by atoms with Crippen LogP contribution in [0.3, 0.4) is 0 Å². The predicted octanol–water partition coefficient (Wildman–Crippen LogP) is 2.80. The first-order valence-electron chi connectivity index (χ1n) is 7.97. The van der Waals surface area contributed by atoms with Crippen LogP contribution in [0.1, 0.15) is 30.5 Å². The van der Waals surface area contributed by atoms with Crippen molar-refractivity contribution in [2.24, 2.45) is 0 Å². The van der Waals surface area contributed by atoms with Gasteiger partial charge in [0.1, 0.15) is 5.58 Å². The molecule has 1 N–H and O–H groups in total. The number of piperazine rings is 1. The third-order valence-corrected chi connectivity index (χ3v) is 4.97. The van der Waals surface area contributed by atoms with E-state index in [0.29, 0.717) is 12.5 Å². The van der Waals surface area contributed by atoms with E-state index in [9.17, 15) is 4.79 Å². The highest BCUT2D eigenvalue weighted by Crippen LogP contribution is 2.26. The van der Waals surface area contributed by atoms with Gasteiger partial charge in [0.25, 0.3) is 0 Å². The van der Waals surface area contributed by atoms with Crippen LogP contribution in [0.15, 0.2) is 22.8 Å². The number of nitrogens with zero attached hydrogens (tertiary/aromatic N) is 1. The summed E-state index contributed by atoms with van der Waals surface area (Å²) in [5.41, 5.74) is 4.30. The van der Waals surface area contributed by atoms with Gasteiger partial charge in [-0.2, -0.15) is 0 Å². The molecule has 2 heterocycles. The van der Waals surface area contributed by atoms with E-state index in [1.165, 1.54) is 11.1 Å². The highest BCUT2D eigenvalue weighted by molar-refractivity contribution is 5.88. The molecule has 1 aliphatic rings. The van der Waals surface area contributed by atoms with Crippen LogP contribution in [0, 0.1) is 13.8 Å². The van der Waals surface area contributed by atoms with Crippen molar-refractivity contribution in [3.8, 4) is 0 Å². The third kappa shape index (κ3) is 2.63. The van der Waals surface area contributed by atoms with E-state index in [4.69, 9.17) is 4.42 Å². The Morgan fingerprint density at radius 1 is 1.32 bits per heavy atom. The van der Waals surface area contributed by atoms with E-state index in [2.05, 4.69) is 39.1 Å². The standard InChI is InChI=1S/C18H24N2O2/c1-11-7-16-15(10-22-17(16)8-12(11)2)9-18(21)20-6-5-19-13(3)14(20)4/h7-8,10,13-14,19H,5-6,9H2,1-4H3. The third-order valence-electron chi connectivity index (χ3n) is 4.97. The number of benzene rings is 1. The number of fused-ring (bicyclic) bond motifs is 1. The zero-order valence-electron chi connectivity index (χ0n) is 13.8. The Hall–Kier alpha value is -1.81. The number of furan rings is 1. The molecule has 0 aliphatic carbocycles. The van der Waals surface area contributed by atoms with Crippen LogP contribution >= 0.6 is 0 Å². The Kier molecular flexibility index (Phi) is 3.96. The Morgan fingerprint density at radius 3 is 2.82 bits per heavy atom. The van der Waals surface area contributed by atoms with Crippen molar-refractivity contribution in [1.29, 1.82) is 0 Å². The smallest absolute Gasteiger partial charge is 0.227 e. The topological polar surface area (TPSA) is 45.5 Å². The molecule has 0 saturated carbocycles. The lowest BCUT2D eigenvalue weighted by atomic mass is 10.0. The van der Waals surface area contributed by atoms with Crippen LogP contribution in [0.2, 0.25) is 0 Å². The fourth-order valence-corrected chi connectivity index (χ4v) is 3.15. The summed E-state index contributed by atoms with van der Waals surface area (Å²) in [6.07, 6.45) is 2.14. The van der Waals surface area contributed by atoms with E-state index >= 15 is 0 Å². The summed E-state index contributed by atoms with van der Waals surface area (Å²) in [5.74, 6) is 0.182. The normalized spacial score (nSPS) is 22.3. The first kappa shape index (κ1) is 15.1. The molecule has 2 atom stereocenters. The van der Waals surface area contributed by atoms with Gasteiger partial charge in [0.05, 0.1) is 12.7 Å². The molecule has 1 aromatic heterocycles. The van der Waals surface area contributed by atoms with Crippen LogP contribution in [0.5, 0.6) is 0 Å². The van der Waals surface area contributed by atoms with E-state index in [1.807, 2.05) is 11.0 Å². The molecule has 1 amide bonds. The molecule has 2 unspecified atom stereocenters. The average molecular weight is 300 g/mol. The van der Waals surface area contributed by atoms with E-state index in [1.54, 1.807) is 6.26 Å². The highest BCUT2D eigenvalue weighted by Gasteiger charge is 2.28. The summed E-state index contributed by atoms with van der Waals surface area (Å²) < 4.78 is 5.64. The van der Waals surface area contributed by atoms with Crippen molar-refractivity contribution in [3.05, 3.63) is 35.1 Å². The van der Waals surface area contributed by atoms with Crippen LogP contribution in [0.4, 0.5) is 0 Å². The molecule has 4 heteroatoms. The Balaban J connectivity index is 1.84. The lowest BCUT2D eigenvalue weighted by molar-refractivity contribution is -0.134. The monoisotopic (exact) mass is 300 g/mol. The van der Waals surface area contributed by atoms with Gasteiger partial charge < -0.3 is 14.6 Å². The van der Waals surface area contributed by atoms with Crippen molar-refractivity contribution in [2.75, 3.05) is 13.1 Å². The van der Waals surface area contributed by atoms with Gasteiger partial charge in [-0.15, -0.1) is 0 Å². The maximum Gasteiger partial charge on any atom is 0.227 e. The maximum atomic E-state index is 12.7. The lowest BCUT2D eigenvalue weighted by Crippen LogP contribution is -2.57. The largest absolute Gasteiger partial charge is 0.464 e. The molecule has 0 radical (unpaired) electrons. The van der Waals surface area contributed by atoms with Gasteiger partial charge in [-0.05, 0) is 51.0 Å². The van der Waals surface area contributed by atoms with Gasteiger partial charge >= 0.3 is 0 Å². The van der Waals surface area contributed by atoms with Gasteiger partial charge in [0, 0.05) is 36.1 Å². The summed E-state index contributed by atoms with van der Waals surface area (Å²) in [5, 5.41) is 4.47. The number of rotatable bonds is 2. The highest BCUT2D eigenvalue weighted by atomic mass is 16.3. The fourth-order valence-electron chi connectivity index (χ4n) is 3.15. The van der Waals surface area contributed by atoms with Crippen molar-refractivity contribution < 1.29 is 9.21 Å². The minimum Gasteiger partial charge on any atom is -0.464 e. The summed E-state index contributed by atoms with van der Waals surface area (Å²) in [4.78, 5) is 14.7. The molecule has 22 heavy (non-hydrogen) atoms. The number of hydrogen-bond donors (Lipinski definition) is 1. The second-order valence-corrected chi connectivity index (χ2v) is 6.44. The number of hydrogen-bond acceptors (Lipinski definition) is 3. The van der Waals surface area contributed by atoms with Crippen LogP contribution in [-0.4, -0.2) is 36.0 Å². The molecular formula is C18H24N2O2. The molecule has 1 saturated heterocycles. The molecule has 0 bridgehead atoms. The van der Waals surface area contributed by atoms with Gasteiger partial charge in [0.2, 0.25) is 5.91 Å². The predicted molar refractivity (Wildman–Crippen MR) is 88.0 cm³/mol. The van der Waals surface area contributed by atoms with E-state index in [0.717, 1.165) is 29.6 Å². The summed E-state index contributed by atoms with van der Waals surface area (Å²) in [6.45, 7) is 10.0. The summed E-state index contributed by atoms with van der Waals surface area (Å²) in [6, 6.07) is 4.74. The molecule has 1 aromatic carbocycles. The van der Waals surface area contributed by atoms with Gasteiger partial charge in [-0.3, -0.25) is 4.79 Å². The SMILES string of the molecule is Cc1cc2occ(CC(=O)N3CCNC(C)C3C)c2cc1C. The number of aryl methyl sites for hydroxylation is 2. The van der Waals surface area contributed by atoms with E-state index in [-0.39, 0.29) is 11.9 Å². The molecule has 4 nitrogen and oxygen atoms in total. The second-order valence-electron chi connectivity index (χ2n) is 6.44. The number of amides is 1. The Morgan fingerprint density at radius 2 is 2.05 bits per heavy atom. The quantitative estimate of drug-likeness (QED) is 0.927. The number of carbonyl (C=O) groups is 1. The molecule has 2 aromatic rings. The zero-order valence-corrected chi connectivity index (χ0v) is 13.8. The number of carbonyl (C=O) groups excluding carboxylic acids is 1. The summed E-state index contributed by atoms with van der Waals surface area (Å²) >= 11 is 0. The molecule has 3 rings (SSSR count). The fraction of sp³-hybridized carbons (Fsp3) is 0.500. The van der Waals surface area contributed by atoms with Gasteiger partial charge in [0.15, 0.2) is 0 Å². The molecule has 118 valence electrons. The second kappa shape index (κ2) is 5.76. The van der Waals surface area contributed by atoms with Crippen LogP contribution in [0.25, 0.3) is 11.0 Å². The first-order chi connectivity index (χ1) is 10.5. The molecule has 0 spiro atoms. The average Bonchev–Trinajstić information content (AvgIpc) is 2.84. The van der Waals surface area contributed by atoms with Crippen LogP contribution in [-0.2, 0) is 11.2 Å². The van der Waals surface area contributed by atoms with Crippen LogP contribution < -0.4 is 5.32 Å². The Labute approximate surface area is 131 Å². The lowest BCUT2D eigenvalue weighted by Gasteiger charge is -2.38. The minimum absolute atomic E-state index is 0.182. The summed E-state index contributed by atoms with van der Waals surface area (Å²) in [7, 11) is 0. The Bertz CT molecular complexity index is 704. The number of nitrogens with one attached hydrogen (secondary N) is 1. The van der Waals surface area contributed by atoms with Crippen molar-refractivity contribution >= 4 is 16.9 Å². The molecule has 1 aliphatic heterocycles. The minimum atomic E-state index is 0.182. The van der Waals surface area contributed by atoms with Gasteiger partial charge in [-0.1, -0.05) is 0 Å². The van der Waals surface area contributed by atoms with Crippen molar-refractivity contribution in [1.82, 2.24) is 10.2 Å². The van der Waals surface area contributed by atoms with Crippen molar-refractivity contribution in [2.45, 2.75) is 46.2 Å². The molecule has 1 fully saturated rings.